The van der Waals surface area contributed by atoms with Gasteiger partial charge in [0.05, 0.1) is 26.2 Å². The van der Waals surface area contributed by atoms with Crippen molar-refractivity contribution < 1.29 is 28.7 Å². The lowest BCUT2D eigenvalue weighted by Gasteiger charge is -2.23. The van der Waals surface area contributed by atoms with Crippen molar-refractivity contribution in [2.24, 2.45) is 5.92 Å². The summed E-state index contributed by atoms with van der Waals surface area (Å²) in [6.07, 6.45) is 0.752. The Morgan fingerprint density at radius 2 is 1.93 bits per heavy atom. The van der Waals surface area contributed by atoms with Crippen molar-refractivity contribution in [1.82, 2.24) is 0 Å². The summed E-state index contributed by atoms with van der Waals surface area (Å²) in [6, 6.07) is 11.5. The first-order valence-electron chi connectivity index (χ1n) is 9.67. The molecule has 0 bridgehead atoms. The molecule has 0 aromatic heterocycles. The van der Waals surface area contributed by atoms with Gasteiger partial charge in [-0.05, 0) is 48.4 Å². The first-order chi connectivity index (χ1) is 14.4. The highest BCUT2D eigenvalue weighted by molar-refractivity contribution is 6.09. The standard InChI is InChI=1S/C22H23NO7/c1-3-29-22(25)20(21(24)15-6-8-17(28-2)9-7-15)18(13-23(26)27)16-5-4-14-10-11-30-19(14)12-16/h4-9,12,18,20H,3,10-11,13H2,1-2H3. The molecule has 1 heterocycles. The first-order valence-corrected chi connectivity index (χ1v) is 9.67. The van der Waals surface area contributed by atoms with Crippen LogP contribution < -0.4 is 9.47 Å². The molecule has 8 heteroatoms. The Morgan fingerprint density at radius 1 is 1.20 bits per heavy atom. The molecule has 0 amide bonds. The van der Waals surface area contributed by atoms with E-state index in [1.807, 2.05) is 6.07 Å². The van der Waals surface area contributed by atoms with Gasteiger partial charge in [0, 0.05) is 16.9 Å². The van der Waals surface area contributed by atoms with Crippen LogP contribution in [0.4, 0.5) is 0 Å². The predicted molar refractivity (Wildman–Crippen MR) is 108 cm³/mol. The third-order valence-electron chi connectivity index (χ3n) is 5.09. The maximum Gasteiger partial charge on any atom is 0.317 e. The molecule has 0 fully saturated rings. The maximum absolute atomic E-state index is 13.3. The molecular weight excluding hydrogens is 390 g/mol. The molecule has 3 rings (SSSR count). The van der Waals surface area contributed by atoms with Crippen molar-refractivity contribution in [2.45, 2.75) is 19.3 Å². The number of Topliss-reactive ketones (excluding diaryl/α,β-unsaturated/α-hetero) is 1. The van der Waals surface area contributed by atoms with E-state index in [0.717, 1.165) is 12.0 Å². The van der Waals surface area contributed by atoms with E-state index in [4.69, 9.17) is 14.2 Å². The Hall–Kier alpha value is -3.42. The number of hydrogen-bond acceptors (Lipinski definition) is 7. The van der Waals surface area contributed by atoms with Crippen molar-refractivity contribution in [1.29, 1.82) is 0 Å². The first kappa shape index (κ1) is 21.3. The lowest BCUT2D eigenvalue weighted by molar-refractivity contribution is -0.484. The van der Waals surface area contributed by atoms with Crippen LogP contribution in [0.25, 0.3) is 0 Å². The van der Waals surface area contributed by atoms with E-state index in [-0.39, 0.29) is 12.2 Å². The number of methoxy groups -OCH3 is 1. The summed E-state index contributed by atoms with van der Waals surface area (Å²) in [6.45, 7) is 1.62. The number of nitrogens with zero attached hydrogens (tertiary/aromatic N) is 1. The Bertz CT molecular complexity index is 939. The quantitative estimate of drug-likeness (QED) is 0.205. The number of nitro groups is 1. The Labute approximate surface area is 173 Å². The molecular formula is C22H23NO7. The largest absolute Gasteiger partial charge is 0.497 e. The van der Waals surface area contributed by atoms with Crippen LogP contribution in [0, 0.1) is 16.0 Å². The van der Waals surface area contributed by atoms with Gasteiger partial charge in [0.1, 0.15) is 17.4 Å². The number of ether oxygens (including phenoxy) is 3. The van der Waals surface area contributed by atoms with Gasteiger partial charge in [-0.1, -0.05) is 12.1 Å². The van der Waals surface area contributed by atoms with Crippen molar-refractivity contribution in [3.05, 3.63) is 69.3 Å². The number of esters is 1. The average Bonchev–Trinajstić information content (AvgIpc) is 3.21. The zero-order valence-electron chi connectivity index (χ0n) is 16.8. The van der Waals surface area contributed by atoms with E-state index < -0.39 is 35.1 Å². The monoisotopic (exact) mass is 413 g/mol. The average molecular weight is 413 g/mol. The molecule has 30 heavy (non-hydrogen) atoms. The summed E-state index contributed by atoms with van der Waals surface area (Å²) in [4.78, 5) is 37.0. The summed E-state index contributed by atoms with van der Waals surface area (Å²) in [5, 5.41) is 11.4. The summed E-state index contributed by atoms with van der Waals surface area (Å²) >= 11 is 0. The summed E-state index contributed by atoms with van der Waals surface area (Å²) < 4.78 is 15.8. The number of rotatable bonds is 9. The Balaban J connectivity index is 2.03. The molecule has 1 aliphatic heterocycles. The zero-order chi connectivity index (χ0) is 21.7. The van der Waals surface area contributed by atoms with Gasteiger partial charge in [0.2, 0.25) is 6.54 Å². The third-order valence-corrected chi connectivity index (χ3v) is 5.09. The minimum atomic E-state index is -1.36. The number of benzene rings is 2. The fourth-order valence-corrected chi connectivity index (χ4v) is 3.60. The molecule has 0 N–H and O–H groups in total. The summed E-state index contributed by atoms with van der Waals surface area (Å²) in [5.74, 6) is -2.50. The minimum Gasteiger partial charge on any atom is -0.497 e. The van der Waals surface area contributed by atoms with Crippen LogP contribution >= 0.6 is 0 Å². The second-order valence-electron chi connectivity index (χ2n) is 6.91. The maximum atomic E-state index is 13.3. The molecule has 2 aromatic rings. The molecule has 0 radical (unpaired) electrons. The molecule has 0 saturated carbocycles. The van der Waals surface area contributed by atoms with Crippen LogP contribution in [0.3, 0.4) is 0 Å². The Kier molecular flexibility index (Phi) is 6.66. The highest BCUT2D eigenvalue weighted by atomic mass is 16.6. The van der Waals surface area contributed by atoms with Gasteiger partial charge in [-0.2, -0.15) is 0 Å². The fraction of sp³-hybridized carbons (Fsp3) is 0.364. The van der Waals surface area contributed by atoms with E-state index in [0.29, 0.717) is 23.7 Å². The van der Waals surface area contributed by atoms with Gasteiger partial charge >= 0.3 is 5.97 Å². The number of fused-ring (bicyclic) bond motifs is 1. The molecule has 0 saturated heterocycles. The highest BCUT2D eigenvalue weighted by Gasteiger charge is 2.41. The molecule has 1 aliphatic rings. The highest BCUT2D eigenvalue weighted by Crippen LogP contribution is 2.35. The number of carbonyl (C=O) groups is 2. The number of hydrogen-bond donors (Lipinski definition) is 0. The predicted octanol–water partition coefficient (Wildman–Crippen LogP) is 3.05. The van der Waals surface area contributed by atoms with E-state index in [1.165, 1.54) is 19.2 Å². The van der Waals surface area contributed by atoms with Crippen molar-refractivity contribution in [3.63, 3.8) is 0 Å². The number of carbonyl (C=O) groups excluding carboxylic acids is 2. The van der Waals surface area contributed by atoms with Gasteiger partial charge in [-0.15, -0.1) is 0 Å². The fourth-order valence-electron chi connectivity index (χ4n) is 3.60. The molecule has 2 atom stereocenters. The molecule has 0 aliphatic carbocycles. The van der Waals surface area contributed by atoms with Gasteiger partial charge in [-0.25, -0.2) is 0 Å². The summed E-state index contributed by atoms with van der Waals surface area (Å²) in [7, 11) is 1.50. The lowest BCUT2D eigenvalue weighted by atomic mass is 9.80. The second-order valence-corrected chi connectivity index (χ2v) is 6.91. The van der Waals surface area contributed by atoms with E-state index in [2.05, 4.69) is 0 Å². The number of ketones is 1. The Morgan fingerprint density at radius 3 is 2.57 bits per heavy atom. The van der Waals surface area contributed by atoms with Crippen molar-refractivity contribution >= 4 is 11.8 Å². The lowest BCUT2D eigenvalue weighted by Crippen LogP contribution is -2.35. The minimum absolute atomic E-state index is 0.0592. The molecule has 158 valence electrons. The van der Waals surface area contributed by atoms with Gasteiger partial charge in [0.15, 0.2) is 5.78 Å². The smallest absolute Gasteiger partial charge is 0.317 e. The molecule has 2 unspecified atom stereocenters. The topological polar surface area (TPSA) is 105 Å². The van der Waals surface area contributed by atoms with Crippen LogP contribution in [0.15, 0.2) is 42.5 Å². The van der Waals surface area contributed by atoms with E-state index >= 15 is 0 Å². The SMILES string of the molecule is CCOC(=O)C(C(=O)c1ccc(OC)cc1)C(C[N+](=O)[O-])c1ccc2c(c1)OCC2. The molecule has 0 spiro atoms. The van der Waals surface area contributed by atoms with Crippen LogP contribution in [0.5, 0.6) is 11.5 Å². The van der Waals surface area contributed by atoms with Gasteiger partial charge in [0.25, 0.3) is 0 Å². The zero-order valence-corrected chi connectivity index (χ0v) is 16.8. The van der Waals surface area contributed by atoms with Crippen LogP contribution in [-0.2, 0) is 16.0 Å². The molecule has 2 aromatic carbocycles. The van der Waals surface area contributed by atoms with E-state index in [1.54, 1.807) is 31.2 Å². The second kappa shape index (κ2) is 9.39. The van der Waals surface area contributed by atoms with Crippen LogP contribution in [0.2, 0.25) is 0 Å². The third kappa shape index (κ3) is 4.59. The van der Waals surface area contributed by atoms with Crippen LogP contribution in [-0.4, -0.2) is 43.5 Å². The van der Waals surface area contributed by atoms with Crippen LogP contribution in [0.1, 0.15) is 34.3 Å². The van der Waals surface area contributed by atoms with Crippen molar-refractivity contribution in [3.8, 4) is 11.5 Å². The summed E-state index contributed by atoms with van der Waals surface area (Å²) in [5.41, 5.74) is 1.74. The van der Waals surface area contributed by atoms with Gasteiger partial charge in [-0.3, -0.25) is 19.7 Å². The molecule has 8 nitrogen and oxygen atoms in total. The normalized spacial score (nSPS) is 14.2. The van der Waals surface area contributed by atoms with Crippen molar-refractivity contribution in [2.75, 3.05) is 26.9 Å². The van der Waals surface area contributed by atoms with Gasteiger partial charge < -0.3 is 14.2 Å². The van der Waals surface area contributed by atoms with E-state index in [9.17, 15) is 19.7 Å².